The quantitative estimate of drug-likeness (QED) is 0.453. The molecule has 0 spiro atoms. The molecule has 7 nitrogen and oxygen atoms in total. The van der Waals surface area contributed by atoms with Gasteiger partial charge in [-0.05, 0) is 59.7 Å². The summed E-state index contributed by atoms with van der Waals surface area (Å²) in [4.78, 5) is 22.7. The molecule has 0 unspecified atom stereocenters. The topological polar surface area (TPSA) is 97.2 Å². The smallest absolute Gasteiger partial charge is 0.341 e. The molecule has 0 heterocycles. The van der Waals surface area contributed by atoms with Gasteiger partial charge in [0, 0.05) is 0 Å². The van der Waals surface area contributed by atoms with E-state index in [0.717, 1.165) is 16.3 Å². The van der Waals surface area contributed by atoms with Crippen molar-refractivity contribution in [2.75, 3.05) is 6.61 Å². The number of carboxylic acids is 1. The second-order valence-electron chi connectivity index (χ2n) is 6.25. The molecule has 29 heavy (non-hydrogen) atoms. The second kappa shape index (κ2) is 9.36. The zero-order valence-electron chi connectivity index (χ0n) is 15.7. The van der Waals surface area contributed by atoms with E-state index >= 15 is 0 Å². The first-order valence-corrected chi connectivity index (χ1v) is 8.94. The number of aliphatic carboxylic acids is 1. The van der Waals surface area contributed by atoms with Crippen molar-refractivity contribution >= 4 is 28.9 Å². The molecule has 3 aromatic rings. The second-order valence-corrected chi connectivity index (χ2v) is 6.25. The molecule has 0 saturated heterocycles. The van der Waals surface area contributed by atoms with Gasteiger partial charge in [0.05, 0.1) is 6.21 Å². The summed E-state index contributed by atoms with van der Waals surface area (Å²) in [6.45, 7) is 1.24. The number of nitrogens with zero attached hydrogens (tertiary/aromatic N) is 1. The lowest BCUT2D eigenvalue weighted by Gasteiger charge is -2.13. The van der Waals surface area contributed by atoms with Crippen molar-refractivity contribution in [2.45, 2.75) is 13.0 Å². The van der Waals surface area contributed by atoms with Crippen molar-refractivity contribution in [1.82, 2.24) is 5.43 Å². The summed E-state index contributed by atoms with van der Waals surface area (Å²) in [7, 11) is 0. The predicted octanol–water partition coefficient (Wildman–Crippen LogP) is 3.22. The Balaban J connectivity index is 1.51. The number of carboxylic acid groups (broad SMARTS) is 1. The monoisotopic (exact) mass is 392 g/mol. The largest absolute Gasteiger partial charge is 0.482 e. The number of carbonyl (C=O) groups is 2. The minimum Gasteiger partial charge on any atom is -0.482 e. The van der Waals surface area contributed by atoms with Crippen molar-refractivity contribution in [3.63, 3.8) is 0 Å². The highest BCUT2D eigenvalue weighted by Gasteiger charge is 2.14. The van der Waals surface area contributed by atoms with E-state index in [1.807, 2.05) is 42.5 Å². The lowest BCUT2D eigenvalue weighted by atomic mass is 10.1. The minimum atomic E-state index is -1.04. The van der Waals surface area contributed by atoms with E-state index in [2.05, 4.69) is 10.5 Å². The van der Waals surface area contributed by atoms with Gasteiger partial charge < -0.3 is 14.6 Å². The fraction of sp³-hybridized carbons (Fsp3) is 0.136. The molecule has 0 aliphatic heterocycles. The number of hydrazone groups is 1. The Morgan fingerprint density at radius 1 is 1.03 bits per heavy atom. The highest BCUT2D eigenvalue weighted by Crippen LogP contribution is 2.21. The lowest BCUT2D eigenvalue weighted by molar-refractivity contribution is -0.139. The molecule has 0 saturated carbocycles. The highest BCUT2D eigenvalue weighted by atomic mass is 16.5. The van der Waals surface area contributed by atoms with Crippen LogP contribution < -0.4 is 14.9 Å². The van der Waals surface area contributed by atoms with Gasteiger partial charge in [-0.15, -0.1) is 0 Å². The Morgan fingerprint density at radius 3 is 2.45 bits per heavy atom. The summed E-state index contributed by atoms with van der Waals surface area (Å²) >= 11 is 0. The summed E-state index contributed by atoms with van der Waals surface area (Å²) in [5.41, 5.74) is 3.16. The van der Waals surface area contributed by atoms with Gasteiger partial charge in [-0.1, -0.05) is 30.3 Å². The fourth-order valence-corrected chi connectivity index (χ4v) is 2.55. The van der Waals surface area contributed by atoms with E-state index in [1.165, 1.54) is 6.21 Å². The predicted molar refractivity (Wildman–Crippen MR) is 109 cm³/mol. The van der Waals surface area contributed by atoms with Crippen LogP contribution in [0.4, 0.5) is 0 Å². The van der Waals surface area contributed by atoms with Crippen LogP contribution in [0.1, 0.15) is 12.5 Å². The van der Waals surface area contributed by atoms with Gasteiger partial charge in [-0.2, -0.15) is 5.10 Å². The Hall–Kier alpha value is -3.87. The average Bonchev–Trinajstić information content (AvgIpc) is 2.73. The zero-order valence-corrected chi connectivity index (χ0v) is 15.7. The lowest BCUT2D eigenvalue weighted by Crippen LogP contribution is -2.33. The van der Waals surface area contributed by atoms with E-state index < -0.39 is 18.7 Å². The van der Waals surface area contributed by atoms with Crippen LogP contribution in [-0.2, 0) is 9.59 Å². The molecule has 148 valence electrons. The molecule has 7 heteroatoms. The van der Waals surface area contributed by atoms with Gasteiger partial charge in [0.2, 0.25) is 0 Å². The number of rotatable bonds is 8. The van der Waals surface area contributed by atoms with E-state index in [1.54, 1.807) is 31.2 Å². The summed E-state index contributed by atoms with van der Waals surface area (Å²) in [6.07, 6.45) is 0.752. The van der Waals surface area contributed by atoms with E-state index in [4.69, 9.17) is 14.6 Å². The maximum Gasteiger partial charge on any atom is 0.341 e. The standard InChI is InChI=1S/C22H20N2O5/c1-15(29-20-11-8-17-4-2-3-5-18(17)12-20)22(27)24-23-13-16-6-9-19(10-7-16)28-14-21(25)26/h2-13,15H,14H2,1H3,(H,24,27)(H,25,26)/b23-13-/t15-/m1/s1. The van der Waals surface area contributed by atoms with Crippen molar-refractivity contribution < 1.29 is 24.2 Å². The molecule has 0 aromatic heterocycles. The molecular formula is C22H20N2O5. The van der Waals surface area contributed by atoms with Crippen LogP contribution >= 0.6 is 0 Å². The van der Waals surface area contributed by atoms with Crippen LogP contribution in [0.15, 0.2) is 71.8 Å². The molecule has 0 aliphatic carbocycles. The molecule has 0 radical (unpaired) electrons. The van der Waals surface area contributed by atoms with Crippen LogP contribution in [0.2, 0.25) is 0 Å². The first kappa shape index (κ1) is 19.9. The van der Waals surface area contributed by atoms with Crippen molar-refractivity contribution in [1.29, 1.82) is 0 Å². The third kappa shape index (κ3) is 5.80. The molecule has 0 bridgehead atoms. The first-order valence-electron chi connectivity index (χ1n) is 8.94. The Kier molecular flexibility index (Phi) is 6.42. The summed E-state index contributed by atoms with van der Waals surface area (Å²) in [5, 5.41) is 14.6. The third-order valence-corrected chi connectivity index (χ3v) is 4.03. The Morgan fingerprint density at radius 2 is 1.72 bits per heavy atom. The van der Waals surface area contributed by atoms with Gasteiger partial charge in [0.1, 0.15) is 11.5 Å². The van der Waals surface area contributed by atoms with Crippen LogP contribution in [0.5, 0.6) is 11.5 Å². The number of fused-ring (bicyclic) bond motifs is 1. The van der Waals surface area contributed by atoms with Crippen molar-refractivity contribution in [2.24, 2.45) is 5.10 Å². The SMILES string of the molecule is C[C@@H](Oc1ccc2ccccc2c1)C(=O)N/N=C\c1ccc(OCC(=O)O)cc1. The van der Waals surface area contributed by atoms with Gasteiger partial charge in [0.25, 0.3) is 5.91 Å². The maximum atomic E-state index is 12.2. The Labute approximate surface area is 167 Å². The number of nitrogens with one attached hydrogen (secondary N) is 1. The summed E-state index contributed by atoms with van der Waals surface area (Å²) in [6, 6.07) is 20.2. The molecule has 0 aliphatic rings. The number of carbonyl (C=O) groups excluding carboxylic acids is 1. The molecule has 2 N–H and O–H groups in total. The maximum absolute atomic E-state index is 12.2. The minimum absolute atomic E-state index is 0.379. The number of benzene rings is 3. The molecule has 1 atom stereocenters. The molecule has 1 amide bonds. The number of ether oxygens (including phenoxy) is 2. The number of hydrogen-bond donors (Lipinski definition) is 2. The van der Waals surface area contributed by atoms with Crippen LogP contribution in [0, 0.1) is 0 Å². The van der Waals surface area contributed by atoms with E-state index in [0.29, 0.717) is 11.5 Å². The van der Waals surface area contributed by atoms with Crippen LogP contribution in [0.3, 0.4) is 0 Å². The fourth-order valence-electron chi connectivity index (χ4n) is 2.55. The zero-order chi connectivity index (χ0) is 20.6. The van der Waals surface area contributed by atoms with Crippen molar-refractivity contribution in [3.05, 3.63) is 72.3 Å². The van der Waals surface area contributed by atoms with Gasteiger partial charge in [-0.25, -0.2) is 10.2 Å². The van der Waals surface area contributed by atoms with Crippen LogP contribution in [-0.4, -0.2) is 35.9 Å². The number of amides is 1. The molecule has 3 rings (SSSR count). The number of hydrogen-bond acceptors (Lipinski definition) is 5. The van der Waals surface area contributed by atoms with Crippen molar-refractivity contribution in [3.8, 4) is 11.5 Å². The highest BCUT2D eigenvalue weighted by molar-refractivity contribution is 5.85. The van der Waals surface area contributed by atoms with Gasteiger partial charge in [0.15, 0.2) is 12.7 Å². The van der Waals surface area contributed by atoms with E-state index in [-0.39, 0.29) is 5.91 Å². The Bertz CT molecular complexity index is 1030. The summed E-state index contributed by atoms with van der Waals surface area (Å²) < 4.78 is 10.7. The average molecular weight is 392 g/mol. The van der Waals surface area contributed by atoms with E-state index in [9.17, 15) is 9.59 Å². The normalized spacial score (nSPS) is 11.9. The molecule has 0 fully saturated rings. The third-order valence-electron chi connectivity index (χ3n) is 4.03. The molecule has 3 aromatic carbocycles. The van der Waals surface area contributed by atoms with Gasteiger partial charge in [-0.3, -0.25) is 4.79 Å². The van der Waals surface area contributed by atoms with Gasteiger partial charge >= 0.3 is 5.97 Å². The summed E-state index contributed by atoms with van der Waals surface area (Å²) in [5.74, 6) is -0.382. The molecular weight excluding hydrogens is 372 g/mol. The van der Waals surface area contributed by atoms with Crippen LogP contribution in [0.25, 0.3) is 10.8 Å². The first-order chi connectivity index (χ1) is 14.0.